The van der Waals surface area contributed by atoms with Crippen LogP contribution in [-0.4, -0.2) is 81.2 Å². The Labute approximate surface area is 357 Å². The van der Waals surface area contributed by atoms with Gasteiger partial charge in [-0.2, -0.15) is 0 Å². The molecule has 2 fully saturated rings. The maximum atomic E-state index is 12.4. The third-order valence-electron chi connectivity index (χ3n) is 9.74. The van der Waals surface area contributed by atoms with Gasteiger partial charge in [0.2, 0.25) is 0 Å². The highest BCUT2D eigenvalue weighted by molar-refractivity contribution is 5.71. The van der Waals surface area contributed by atoms with Gasteiger partial charge in [-0.1, -0.05) is 59.7 Å². The van der Waals surface area contributed by atoms with Crippen molar-refractivity contribution in [3.05, 3.63) is 70.8 Å². The summed E-state index contributed by atoms with van der Waals surface area (Å²) in [5, 5.41) is 34.2. The minimum Gasteiger partial charge on any atom is -0.444 e. The number of alkyl carbamates (subject to hydrolysis) is 4. The normalized spacial score (nSPS) is 24.7. The van der Waals surface area contributed by atoms with Crippen LogP contribution in [0, 0.1) is 13.8 Å². The minimum atomic E-state index is -1.11. The summed E-state index contributed by atoms with van der Waals surface area (Å²) in [6, 6.07) is 13.6. The van der Waals surface area contributed by atoms with Gasteiger partial charge in [-0.15, -0.1) is 0 Å². The second-order valence-corrected chi connectivity index (χ2v) is 20.3. The zero-order valence-corrected chi connectivity index (χ0v) is 38.3. The molecule has 0 heterocycles. The van der Waals surface area contributed by atoms with Crippen LogP contribution in [-0.2, 0) is 30.1 Å². The van der Waals surface area contributed by atoms with Gasteiger partial charge in [0.05, 0.1) is 35.4 Å². The molecule has 336 valence electrons. The van der Waals surface area contributed by atoms with E-state index in [0.717, 1.165) is 22.3 Å². The van der Waals surface area contributed by atoms with Crippen molar-refractivity contribution < 1.29 is 48.3 Å². The Bertz CT molecular complexity index is 1660. The molecule has 0 spiro atoms. The van der Waals surface area contributed by atoms with E-state index in [1.54, 1.807) is 83.1 Å². The second-order valence-electron chi connectivity index (χ2n) is 20.3. The number of carbonyl (C=O) groups is 4. The lowest BCUT2D eigenvalue weighted by Crippen LogP contribution is -2.58. The number of carbonyl (C=O) groups excluding carboxylic acids is 4. The average molecular weight is 841 g/mol. The third kappa shape index (κ3) is 16.8. The summed E-state index contributed by atoms with van der Waals surface area (Å²) in [6.45, 7) is 25.4. The quantitative estimate of drug-likeness (QED) is 0.154. The maximum absolute atomic E-state index is 12.4. The van der Waals surface area contributed by atoms with Crippen molar-refractivity contribution in [2.24, 2.45) is 0 Å². The van der Waals surface area contributed by atoms with Crippen LogP contribution in [0.25, 0.3) is 0 Å². The van der Waals surface area contributed by atoms with Crippen LogP contribution < -0.4 is 21.3 Å². The molecular weight excluding hydrogens is 769 g/mol. The van der Waals surface area contributed by atoms with Crippen LogP contribution in [0.15, 0.2) is 48.5 Å². The molecule has 0 aliphatic heterocycles. The highest BCUT2D eigenvalue weighted by Crippen LogP contribution is 2.39. The molecule has 14 nitrogen and oxygen atoms in total. The average Bonchev–Trinajstić information content (AvgIpc) is 3.04. The van der Waals surface area contributed by atoms with Gasteiger partial charge in [0.15, 0.2) is 0 Å². The number of aliphatic hydroxyl groups is 2. The molecule has 2 aromatic rings. The SMILES string of the molecule is Cc1cccc([C@@]2(O)CC[C@H](NC(=O)OC(C)(C)C)[C@@H](NC(=O)OC(C)(C)C)C2)c1.Cc1cccc([C@]2(O)CC[C@@H](NC(=O)OC(C)(C)C)[C@H](NC(=O)OC(C)(C)C)C2)c1. The van der Waals surface area contributed by atoms with Gasteiger partial charge in [0.1, 0.15) is 22.4 Å². The Morgan fingerprint density at radius 3 is 1.02 bits per heavy atom. The van der Waals surface area contributed by atoms with Crippen molar-refractivity contribution in [3.8, 4) is 0 Å². The topological polar surface area (TPSA) is 194 Å². The predicted octanol–water partition coefficient (Wildman–Crippen LogP) is 8.31. The Morgan fingerprint density at radius 2 is 0.767 bits per heavy atom. The number of rotatable bonds is 6. The number of hydrogen-bond acceptors (Lipinski definition) is 10. The van der Waals surface area contributed by atoms with Crippen LogP contribution in [0.4, 0.5) is 19.2 Å². The minimum absolute atomic E-state index is 0.246. The Morgan fingerprint density at radius 1 is 0.500 bits per heavy atom. The van der Waals surface area contributed by atoms with Gasteiger partial charge in [-0.3, -0.25) is 0 Å². The summed E-state index contributed by atoms with van der Waals surface area (Å²) in [5.74, 6) is 0. The summed E-state index contributed by atoms with van der Waals surface area (Å²) in [6.07, 6.45) is 0.0657. The van der Waals surface area contributed by atoms with Gasteiger partial charge in [-0.05, 0) is 134 Å². The van der Waals surface area contributed by atoms with Crippen LogP contribution >= 0.6 is 0 Å². The van der Waals surface area contributed by atoms with E-state index in [-0.39, 0.29) is 12.8 Å². The molecule has 0 saturated heterocycles. The van der Waals surface area contributed by atoms with Gasteiger partial charge >= 0.3 is 24.4 Å². The summed E-state index contributed by atoms with van der Waals surface area (Å²) in [5.41, 5.74) is -1.10. The lowest BCUT2D eigenvalue weighted by Gasteiger charge is -2.42. The lowest BCUT2D eigenvalue weighted by atomic mass is 9.75. The maximum Gasteiger partial charge on any atom is 0.407 e. The number of nitrogens with one attached hydrogen (secondary N) is 4. The number of hydrogen-bond donors (Lipinski definition) is 6. The first kappa shape index (κ1) is 49.8. The highest BCUT2D eigenvalue weighted by atomic mass is 16.6. The number of aryl methyl sites for hydroxylation is 2. The fourth-order valence-corrected chi connectivity index (χ4v) is 7.29. The van der Waals surface area contributed by atoms with Gasteiger partial charge in [0, 0.05) is 12.8 Å². The largest absolute Gasteiger partial charge is 0.444 e. The summed E-state index contributed by atoms with van der Waals surface area (Å²) in [4.78, 5) is 49.5. The van der Waals surface area contributed by atoms with E-state index in [1.807, 2.05) is 62.4 Å². The molecule has 2 aromatic carbocycles. The summed E-state index contributed by atoms with van der Waals surface area (Å²) < 4.78 is 21.5. The van der Waals surface area contributed by atoms with Crippen LogP contribution in [0.1, 0.15) is 144 Å². The molecule has 0 radical (unpaired) electrons. The molecular formula is C46H72N4O10. The van der Waals surface area contributed by atoms with Crippen molar-refractivity contribution in [2.45, 2.75) is 193 Å². The number of amides is 4. The summed E-state index contributed by atoms with van der Waals surface area (Å²) >= 11 is 0. The van der Waals surface area contributed by atoms with E-state index in [2.05, 4.69) is 21.3 Å². The van der Waals surface area contributed by atoms with Gasteiger partial charge < -0.3 is 50.4 Å². The molecule has 2 aliphatic carbocycles. The smallest absolute Gasteiger partial charge is 0.407 e. The van der Waals surface area contributed by atoms with Crippen molar-refractivity contribution in [1.29, 1.82) is 0 Å². The first-order valence-corrected chi connectivity index (χ1v) is 20.9. The van der Waals surface area contributed by atoms with Gasteiger partial charge in [0.25, 0.3) is 0 Å². The van der Waals surface area contributed by atoms with E-state index < -0.39 is 82.1 Å². The van der Waals surface area contributed by atoms with E-state index in [9.17, 15) is 29.4 Å². The van der Waals surface area contributed by atoms with E-state index in [4.69, 9.17) is 18.9 Å². The molecule has 0 unspecified atom stereocenters. The fraction of sp³-hybridized carbons (Fsp3) is 0.652. The van der Waals surface area contributed by atoms with Crippen LogP contribution in [0.3, 0.4) is 0 Å². The molecule has 6 N–H and O–H groups in total. The van der Waals surface area contributed by atoms with Crippen molar-refractivity contribution in [3.63, 3.8) is 0 Å². The van der Waals surface area contributed by atoms with E-state index in [1.165, 1.54) is 0 Å². The molecule has 4 amide bonds. The molecule has 0 aromatic heterocycles. The van der Waals surface area contributed by atoms with Crippen molar-refractivity contribution >= 4 is 24.4 Å². The van der Waals surface area contributed by atoms with Crippen molar-refractivity contribution in [1.82, 2.24) is 21.3 Å². The molecule has 2 saturated carbocycles. The zero-order valence-electron chi connectivity index (χ0n) is 38.3. The highest BCUT2D eigenvalue weighted by Gasteiger charge is 2.44. The standard InChI is InChI=1S/2C23H36N2O5/c2*1-15-9-8-10-16(13-15)23(28)12-11-17(24-19(26)29-21(2,3)4)18(14-23)25-20(27)30-22(5,6)7/h2*8-10,13,17-18,28H,11-12,14H2,1-7H3,(H,24,26)(H,25,27)/t2*17-,18-,23+/m10/s1. The molecule has 14 heteroatoms. The second kappa shape index (κ2) is 19.4. The fourth-order valence-electron chi connectivity index (χ4n) is 7.29. The van der Waals surface area contributed by atoms with E-state index >= 15 is 0 Å². The molecule has 4 rings (SSSR count). The first-order valence-electron chi connectivity index (χ1n) is 20.9. The van der Waals surface area contributed by atoms with Gasteiger partial charge in [-0.25, -0.2) is 19.2 Å². The number of benzene rings is 2. The Kier molecular flexibility index (Phi) is 16.1. The lowest BCUT2D eigenvalue weighted by molar-refractivity contribution is -0.0262. The first-order chi connectivity index (χ1) is 27.3. The monoisotopic (exact) mass is 841 g/mol. The molecule has 60 heavy (non-hydrogen) atoms. The number of ether oxygens (including phenoxy) is 4. The molecule has 2 aliphatic rings. The van der Waals surface area contributed by atoms with Crippen LogP contribution in [0.5, 0.6) is 0 Å². The molecule has 0 bridgehead atoms. The Hall–Kier alpha value is -4.56. The van der Waals surface area contributed by atoms with E-state index in [0.29, 0.717) is 25.7 Å². The summed E-state index contributed by atoms with van der Waals surface area (Å²) in [7, 11) is 0. The Balaban J connectivity index is 0.000000320. The predicted molar refractivity (Wildman–Crippen MR) is 230 cm³/mol. The van der Waals surface area contributed by atoms with Crippen molar-refractivity contribution in [2.75, 3.05) is 0 Å². The zero-order chi connectivity index (χ0) is 45.5. The molecule has 6 atom stereocenters. The third-order valence-corrected chi connectivity index (χ3v) is 9.74. The van der Waals surface area contributed by atoms with Crippen LogP contribution in [0.2, 0.25) is 0 Å².